The van der Waals surface area contributed by atoms with Gasteiger partial charge in [-0.05, 0) is 25.0 Å². The van der Waals surface area contributed by atoms with E-state index in [1.54, 1.807) is 0 Å². The molecule has 2 amide bonds. The molecule has 0 saturated heterocycles. The molecule has 106 valence electrons. The van der Waals surface area contributed by atoms with E-state index in [2.05, 4.69) is 10.6 Å². The van der Waals surface area contributed by atoms with Crippen LogP contribution >= 0.6 is 0 Å². The van der Waals surface area contributed by atoms with Gasteiger partial charge in [0.2, 0.25) is 0 Å². The van der Waals surface area contributed by atoms with Crippen LogP contribution in [0.4, 0.5) is 10.5 Å². The van der Waals surface area contributed by atoms with E-state index in [-0.39, 0.29) is 12.6 Å². The second-order valence-corrected chi connectivity index (χ2v) is 4.90. The average molecular weight is 264 g/mol. The molecular weight excluding hydrogens is 240 g/mol. The lowest BCUT2D eigenvalue weighted by Crippen LogP contribution is -2.44. The second kappa shape index (κ2) is 7.79. The van der Waals surface area contributed by atoms with E-state index in [9.17, 15) is 9.90 Å². The molecule has 0 aromatic heterocycles. The molecule has 0 heterocycles. The van der Waals surface area contributed by atoms with Gasteiger partial charge in [-0.15, -0.1) is 0 Å². The molecular formula is C15H24N2O2. The molecule has 1 aromatic carbocycles. The van der Waals surface area contributed by atoms with Gasteiger partial charge in [-0.1, -0.05) is 44.9 Å². The number of urea groups is 1. The van der Waals surface area contributed by atoms with Crippen molar-refractivity contribution < 1.29 is 9.90 Å². The summed E-state index contributed by atoms with van der Waals surface area (Å²) in [6.45, 7) is 4.35. The van der Waals surface area contributed by atoms with Crippen LogP contribution in [0, 0.1) is 0 Å². The van der Waals surface area contributed by atoms with Crippen LogP contribution in [0.2, 0.25) is 0 Å². The van der Waals surface area contributed by atoms with E-state index in [0.29, 0.717) is 12.8 Å². The van der Waals surface area contributed by atoms with Crippen molar-refractivity contribution in [3.05, 3.63) is 30.3 Å². The zero-order valence-corrected chi connectivity index (χ0v) is 11.8. The van der Waals surface area contributed by atoms with E-state index >= 15 is 0 Å². The van der Waals surface area contributed by atoms with Gasteiger partial charge in [-0.3, -0.25) is 0 Å². The molecule has 0 aliphatic rings. The number of aliphatic hydroxyl groups is 1. The number of carbonyl (C=O) groups is 1. The summed E-state index contributed by atoms with van der Waals surface area (Å²) >= 11 is 0. The molecule has 0 bridgehead atoms. The van der Waals surface area contributed by atoms with Crippen molar-refractivity contribution >= 4 is 11.7 Å². The Labute approximate surface area is 115 Å². The molecule has 1 aromatic rings. The molecule has 4 heteroatoms. The van der Waals surface area contributed by atoms with Crippen molar-refractivity contribution in [2.45, 2.75) is 45.1 Å². The van der Waals surface area contributed by atoms with E-state index in [1.165, 1.54) is 0 Å². The van der Waals surface area contributed by atoms with Gasteiger partial charge in [0.05, 0.1) is 5.60 Å². The van der Waals surface area contributed by atoms with E-state index in [4.69, 9.17) is 0 Å². The van der Waals surface area contributed by atoms with Gasteiger partial charge in [0, 0.05) is 12.2 Å². The van der Waals surface area contributed by atoms with E-state index in [1.807, 2.05) is 44.2 Å². The van der Waals surface area contributed by atoms with Gasteiger partial charge in [-0.2, -0.15) is 0 Å². The van der Waals surface area contributed by atoms with Crippen molar-refractivity contribution in [3.63, 3.8) is 0 Å². The Kier molecular flexibility index (Phi) is 6.36. The first-order chi connectivity index (χ1) is 9.09. The molecule has 19 heavy (non-hydrogen) atoms. The number of amides is 2. The molecule has 0 spiro atoms. The van der Waals surface area contributed by atoms with Crippen molar-refractivity contribution in [3.8, 4) is 0 Å². The molecule has 1 rings (SSSR count). The fourth-order valence-corrected chi connectivity index (χ4v) is 2.17. The van der Waals surface area contributed by atoms with Gasteiger partial charge in [0.1, 0.15) is 0 Å². The highest BCUT2D eigenvalue weighted by atomic mass is 16.3. The number of hydrogen-bond donors (Lipinski definition) is 3. The van der Waals surface area contributed by atoms with Crippen molar-refractivity contribution in [2.75, 3.05) is 11.9 Å². The summed E-state index contributed by atoms with van der Waals surface area (Å²) in [5, 5.41) is 15.9. The lowest BCUT2D eigenvalue weighted by atomic mass is 9.93. The van der Waals surface area contributed by atoms with Crippen LogP contribution in [0.5, 0.6) is 0 Å². The summed E-state index contributed by atoms with van der Waals surface area (Å²) in [6, 6.07) is 8.98. The zero-order valence-electron chi connectivity index (χ0n) is 11.8. The van der Waals surface area contributed by atoms with E-state index in [0.717, 1.165) is 18.5 Å². The number of anilines is 1. The third-order valence-corrected chi connectivity index (χ3v) is 3.04. The molecule has 0 aliphatic carbocycles. The van der Waals surface area contributed by atoms with Gasteiger partial charge in [-0.25, -0.2) is 4.79 Å². The summed E-state index contributed by atoms with van der Waals surface area (Å²) in [5.41, 5.74) is -0.0492. The van der Waals surface area contributed by atoms with Crippen LogP contribution in [0.3, 0.4) is 0 Å². The molecule has 0 radical (unpaired) electrons. The fraction of sp³-hybridized carbons (Fsp3) is 0.533. The first-order valence-corrected chi connectivity index (χ1v) is 6.92. The molecule has 0 unspecified atom stereocenters. The first kappa shape index (κ1) is 15.5. The lowest BCUT2D eigenvalue weighted by molar-refractivity contribution is 0.0245. The standard InChI is InChI=1S/C15H24N2O2/c1-3-10-15(19,11-4-2)12-16-14(18)17-13-8-6-5-7-9-13/h5-9,19H,3-4,10-12H2,1-2H3,(H2,16,17,18). The highest BCUT2D eigenvalue weighted by Gasteiger charge is 2.25. The molecule has 0 saturated carbocycles. The largest absolute Gasteiger partial charge is 0.388 e. The van der Waals surface area contributed by atoms with Crippen LogP contribution in [0.25, 0.3) is 0 Å². The number of rotatable bonds is 7. The maximum atomic E-state index is 11.7. The number of nitrogens with one attached hydrogen (secondary N) is 2. The highest BCUT2D eigenvalue weighted by Crippen LogP contribution is 2.18. The maximum Gasteiger partial charge on any atom is 0.319 e. The fourth-order valence-electron chi connectivity index (χ4n) is 2.17. The first-order valence-electron chi connectivity index (χ1n) is 6.92. The minimum Gasteiger partial charge on any atom is -0.388 e. The molecule has 3 N–H and O–H groups in total. The van der Waals surface area contributed by atoms with Gasteiger partial charge in [0.15, 0.2) is 0 Å². The maximum absolute atomic E-state index is 11.7. The Morgan fingerprint density at radius 1 is 1.16 bits per heavy atom. The number of carbonyl (C=O) groups excluding carboxylic acids is 1. The molecule has 0 atom stereocenters. The van der Waals surface area contributed by atoms with E-state index < -0.39 is 5.60 Å². The smallest absolute Gasteiger partial charge is 0.319 e. The number of hydrogen-bond acceptors (Lipinski definition) is 2. The molecule has 4 nitrogen and oxygen atoms in total. The van der Waals surface area contributed by atoms with Gasteiger partial charge >= 0.3 is 6.03 Å². The normalized spacial score (nSPS) is 11.1. The summed E-state index contributed by atoms with van der Waals surface area (Å²) in [5.74, 6) is 0. The minimum absolute atomic E-state index is 0.281. The number of benzene rings is 1. The van der Waals surface area contributed by atoms with Crippen LogP contribution in [0.15, 0.2) is 30.3 Å². The summed E-state index contributed by atoms with van der Waals surface area (Å²) in [6.07, 6.45) is 3.20. The third-order valence-electron chi connectivity index (χ3n) is 3.04. The number of para-hydroxylation sites is 1. The quantitative estimate of drug-likeness (QED) is 0.708. The minimum atomic E-state index is -0.794. The highest BCUT2D eigenvalue weighted by molar-refractivity contribution is 5.89. The SMILES string of the molecule is CCCC(O)(CCC)CNC(=O)Nc1ccccc1. The van der Waals surface area contributed by atoms with Crippen LogP contribution in [-0.2, 0) is 0 Å². The Morgan fingerprint density at radius 2 is 1.74 bits per heavy atom. The average Bonchev–Trinajstić information content (AvgIpc) is 2.38. The zero-order chi connectivity index (χ0) is 14.1. The van der Waals surface area contributed by atoms with Crippen LogP contribution in [-0.4, -0.2) is 23.3 Å². The Morgan fingerprint density at radius 3 is 2.26 bits per heavy atom. The van der Waals surface area contributed by atoms with Gasteiger partial charge < -0.3 is 15.7 Å². The monoisotopic (exact) mass is 264 g/mol. The Balaban J connectivity index is 2.43. The van der Waals surface area contributed by atoms with Crippen molar-refractivity contribution in [1.29, 1.82) is 0 Å². The predicted molar refractivity (Wildman–Crippen MR) is 78.2 cm³/mol. The summed E-state index contributed by atoms with van der Waals surface area (Å²) in [7, 11) is 0. The lowest BCUT2D eigenvalue weighted by Gasteiger charge is -2.27. The predicted octanol–water partition coefficient (Wildman–Crippen LogP) is 3.14. The summed E-state index contributed by atoms with van der Waals surface area (Å²) in [4.78, 5) is 11.7. The second-order valence-electron chi connectivity index (χ2n) is 4.90. The topological polar surface area (TPSA) is 61.4 Å². The van der Waals surface area contributed by atoms with Crippen LogP contribution in [0.1, 0.15) is 39.5 Å². The Bertz CT molecular complexity index is 373. The summed E-state index contributed by atoms with van der Waals surface area (Å²) < 4.78 is 0. The Hall–Kier alpha value is -1.55. The van der Waals surface area contributed by atoms with Crippen molar-refractivity contribution in [1.82, 2.24) is 5.32 Å². The van der Waals surface area contributed by atoms with Crippen LogP contribution < -0.4 is 10.6 Å². The van der Waals surface area contributed by atoms with Crippen molar-refractivity contribution in [2.24, 2.45) is 0 Å². The molecule has 0 aliphatic heterocycles. The third kappa shape index (κ3) is 5.75. The molecule has 0 fully saturated rings. The van der Waals surface area contributed by atoms with Gasteiger partial charge in [0.25, 0.3) is 0 Å².